The molecule has 0 radical (unpaired) electrons. The summed E-state index contributed by atoms with van der Waals surface area (Å²) in [7, 11) is 0. The number of rotatable bonds is 5. The number of aromatic nitrogens is 4. The molecule has 0 aliphatic heterocycles. The molecule has 1 unspecified atom stereocenters. The van der Waals surface area contributed by atoms with Gasteiger partial charge in [0.2, 0.25) is 5.82 Å². The van der Waals surface area contributed by atoms with Crippen molar-refractivity contribution in [2.45, 2.75) is 12.6 Å². The van der Waals surface area contributed by atoms with E-state index in [1.165, 1.54) is 0 Å². The Morgan fingerprint density at radius 2 is 2.10 bits per heavy atom. The molecule has 1 amide bonds. The van der Waals surface area contributed by atoms with Gasteiger partial charge in [0.1, 0.15) is 6.61 Å². The molecule has 2 rings (SSSR count). The fraction of sp³-hybridized carbons (Fsp3) is 0.182. The first kappa shape index (κ1) is 13.5. The van der Waals surface area contributed by atoms with Gasteiger partial charge in [-0.1, -0.05) is 35.5 Å². The number of hydrogen-bond donors (Lipinski definition) is 3. The van der Waals surface area contributed by atoms with Gasteiger partial charge in [-0.25, -0.2) is 9.59 Å². The highest BCUT2D eigenvalue weighted by Gasteiger charge is 2.26. The Morgan fingerprint density at radius 1 is 1.35 bits per heavy atom. The maximum absolute atomic E-state index is 11.5. The normalized spacial score (nSPS) is 11.6. The van der Waals surface area contributed by atoms with Crippen molar-refractivity contribution >= 4 is 12.1 Å². The van der Waals surface area contributed by atoms with Crippen LogP contribution in [0.25, 0.3) is 0 Å². The number of tetrazole rings is 1. The molecular formula is C11H11N5O4. The number of alkyl carbamates (subject to hydrolysis) is 1. The fourth-order valence-electron chi connectivity index (χ4n) is 1.41. The van der Waals surface area contributed by atoms with Gasteiger partial charge in [0.05, 0.1) is 0 Å². The second-order valence-corrected chi connectivity index (χ2v) is 3.75. The number of nitrogens with zero attached hydrogens (tertiary/aromatic N) is 3. The Labute approximate surface area is 113 Å². The van der Waals surface area contributed by atoms with Crippen LogP contribution >= 0.6 is 0 Å². The van der Waals surface area contributed by atoms with Gasteiger partial charge >= 0.3 is 12.1 Å². The highest BCUT2D eigenvalue weighted by atomic mass is 16.5. The minimum atomic E-state index is -1.42. The topological polar surface area (TPSA) is 130 Å². The van der Waals surface area contributed by atoms with Crippen molar-refractivity contribution in [1.29, 1.82) is 0 Å². The molecule has 0 fully saturated rings. The number of aliphatic carboxylic acids is 1. The van der Waals surface area contributed by atoms with Crippen LogP contribution in [-0.2, 0) is 16.1 Å². The van der Waals surface area contributed by atoms with Crippen molar-refractivity contribution in [3.8, 4) is 0 Å². The fourth-order valence-corrected chi connectivity index (χ4v) is 1.41. The van der Waals surface area contributed by atoms with E-state index < -0.39 is 18.1 Å². The zero-order valence-corrected chi connectivity index (χ0v) is 10.2. The third kappa shape index (κ3) is 3.51. The van der Waals surface area contributed by atoms with Gasteiger partial charge in [0, 0.05) is 0 Å². The molecule has 1 atom stereocenters. The molecule has 0 aliphatic rings. The van der Waals surface area contributed by atoms with Crippen molar-refractivity contribution in [1.82, 2.24) is 25.9 Å². The molecule has 3 N–H and O–H groups in total. The molecule has 0 bridgehead atoms. The van der Waals surface area contributed by atoms with Gasteiger partial charge in [-0.15, -0.1) is 10.2 Å². The average molecular weight is 277 g/mol. The van der Waals surface area contributed by atoms with Gasteiger partial charge in [-0.3, -0.25) is 0 Å². The van der Waals surface area contributed by atoms with E-state index in [-0.39, 0.29) is 12.4 Å². The van der Waals surface area contributed by atoms with Crippen LogP contribution < -0.4 is 5.32 Å². The molecule has 0 saturated carbocycles. The molecule has 1 aromatic heterocycles. The van der Waals surface area contributed by atoms with Crippen LogP contribution in [0.15, 0.2) is 30.3 Å². The number of carbonyl (C=O) groups is 2. The van der Waals surface area contributed by atoms with Gasteiger partial charge in [-0.2, -0.15) is 5.21 Å². The zero-order chi connectivity index (χ0) is 14.4. The lowest BCUT2D eigenvalue weighted by Gasteiger charge is -2.11. The quantitative estimate of drug-likeness (QED) is 0.714. The largest absolute Gasteiger partial charge is 0.479 e. The van der Waals surface area contributed by atoms with E-state index in [4.69, 9.17) is 9.84 Å². The van der Waals surface area contributed by atoms with E-state index in [0.29, 0.717) is 0 Å². The van der Waals surface area contributed by atoms with Gasteiger partial charge < -0.3 is 15.2 Å². The maximum atomic E-state index is 11.5. The summed E-state index contributed by atoms with van der Waals surface area (Å²) in [5, 5.41) is 23.5. The van der Waals surface area contributed by atoms with E-state index in [1.54, 1.807) is 24.3 Å². The molecular weight excluding hydrogens is 266 g/mol. The third-order valence-electron chi connectivity index (χ3n) is 2.34. The monoisotopic (exact) mass is 277 g/mol. The van der Waals surface area contributed by atoms with E-state index in [9.17, 15) is 9.59 Å². The number of H-pyrrole nitrogens is 1. The molecule has 0 saturated heterocycles. The summed E-state index contributed by atoms with van der Waals surface area (Å²) in [6, 6.07) is 7.58. The summed E-state index contributed by atoms with van der Waals surface area (Å²) in [6.45, 7) is 0.0330. The second-order valence-electron chi connectivity index (χ2n) is 3.75. The number of carboxylic acid groups (broad SMARTS) is 1. The van der Waals surface area contributed by atoms with Crippen LogP contribution in [0.2, 0.25) is 0 Å². The van der Waals surface area contributed by atoms with Gasteiger partial charge in [0.25, 0.3) is 0 Å². The first-order chi connectivity index (χ1) is 9.66. The van der Waals surface area contributed by atoms with E-state index in [0.717, 1.165) is 5.56 Å². The molecule has 9 nitrogen and oxygen atoms in total. The van der Waals surface area contributed by atoms with Crippen LogP contribution in [0, 0.1) is 0 Å². The van der Waals surface area contributed by atoms with Crippen LogP contribution in [0.5, 0.6) is 0 Å². The molecule has 20 heavy (non-hydrogen) atoms. The van der Waals surface area contributed by atoms with Crippen molar-refractivity contribution < 1.29 is 19.4 Å². The van der Waals surface area contributed by atoms with Crippen LogP contribution in [-0.4, -0.2) is 37.8 Å². The van der Waals surface area contributed by atoms with Crippen molar-refractivity contribution in [2.24, 2.45) is 0 Å². The lowest BCUT2D eigenvalue weighted by molar-refractivity contribution is -0.139. The molecule has 2 aromatic rings. The SMILES string of the molecule is O=C(NC(C(=O)O)c1nn[nH]n1)OCc1ccccc1. The van der Waals surface area contributed by atoms with Crippen LogP contribution in [0.1, 0.15) is 17.4 Å². The number of nitrogens with one attached hydrogen (secondary N) is 2. The van der Waals surface area contributed by atoms with Crippen molar-refractivity contribution in [2.75, 3.05) is 0 Å². The summed E-state index contributed by atoms with van der Waals surface area (Å²) in [5.41, 5.74) is 0.786. The third-order valence-corrected chi connectivity index (χ3v) is 2.34. The minimum Gasteiger partial charge on any atom is -0.479 e. The first-order valence-corrected chi connectivity index (χ1v) is 5.60. The summed E-state index contributed by atoms with van der Waals surface area (Å²) >= 11 is 0. The molecule has 0 aliphatic carbocycles. The minimum absolute atomic E-state index is 0.0330. The Kier molecular flexibility index (Phi) is 4.22. The second kappa shape index (κ2) is 6.27. The summed E-state index contributed by atoms with van der Waals surface area (Å²) in [4.78, 5) is 22.6. The number of hydrogen-bond acceptors (Lipinski definition) is 6. The van der Waals surface area contributed by atoms with Crippen LogP contribution in [0.3, 0.4) is 0 Å². The molecule has 0 spiro atoms. The molecule has 104 valence electrons. The average Bonchev–Trinajstić information content (AvgIpc) is 2.97. The Morgan fingerprint density at radius 3 is 2.70 bits per heavy atom. The highest BCUT2D eigenvalue weighted by Crippen LogP contribution is 2.07. The zero-order valence-electron chi connectivity index (χ0n) is 10.2. The lowest BCUT2D eigenvalue weighted by Crippen LogP contribution is -2.34. The predicted molar refractivity (Wildman–Crippen MR) is 64.3 cm³/mol. The standard InChI is InChI=1S/C11H11N5O4/c17-10(18)8(9-13-15-16-14-9)12-11(19)20-6-7-4-2-1-3-5-7/h1-5,8H,6H2,(H,12,19)(H,17,18)(H,13,14,15,16). The van der Waals surface area contributed by atoms with E-state index >= 15 is 0 Å². The number of benzene rings is 1. The first-order valence-electron chi connectivity index (χ1n) is 5.60. The van der Waals surface area contributed by atoms with E-state index in [2.05, 4.69) is 25.9 Å². The van der Waals surface area contributed by atoms with Crippen molar-refractivity contribution in [3.05, 3.63) is 41.7 Å². The number of carbonyl (C=O) groups excluding carboxylic acids is 1. The number of ether oxygens (including phenoxy) is 1. The smallest absolute Gasteiger partial charge is 0.408 e. The predicted octanol–water partition coefficient (Wildman–Crippen LogP) is 0.252. The van der Waals surface area contributed by atoms with Gasteiger partial charge in [0.15, 0.2) is 6.04 Å². The molecule has 1 heterocycles. The Hall–Kier alpha value is -2.97. The summed E-state index contributed by atoms with van der Waals surface area (Å²) in [5.74, 6) is -1.47. The van der Waals surface area contributed by atoms with Crippen LogP contribution in [0.4, 0.5) is 4.79 Å². The Bertz CT molecular complexity index is 572. The number of amides is 1. The number of carboxylic acids is 1. The van der Waals surface area contributed by atoms with E-state index in [1.807, 2.05) is 6.07 Å². The molecule has 1 aromatic carbocycles. The highest BCUT2D eigenvalue weighted by molar-refractivity contribution is 5.80. The van der Waals surface area contributed by atoms with Gasteiger partial charge in [-0.05, 0) is 5.56 Å². The molecule has 9 heteroatoms. The van der Waals surface area contributed by atoms with Crippen molar-refractivity contribution in [3.63, 3.8) is 0 Å². The summed E-state index contributed by atoms with van der Waals surface area (Å²) < 4.78 is 4.91. The lowest BCUT2D eigenvalue weighted by atomic mass is 10.2. The summed E-state index contributed by atoms with van der Waals surface area (Å²) in [6.07, 6.45) is -0.883. The number of aromatic amines is 1. The maximum Gasteiger partial charge on any atom is 0.408 e. The Balaban J connectivity index is 1.91.